The molecule has 1 aromatic carbocycles. The number of hydrogen-bond donors (Lipinski definition) is 1. The smallest absolute Gasteiger partial charge is 0.246 e. The predicted molar refractivity (Wildman–Crippen MR) is 104 cm³/mol. The quantitative estimate of drug-likeness (QED) is 0.726. The second-order valence-corrected chi connectivity index (χ2v) is 8.83. The molecule has 2 aromatic rings. The summed E-state index contributed by atoms with van der Waals surface area (Å²) in [7, 11) is -3.81. The van der Waals surface area contributed by atoms with Crippen molar-refractivity contribution in [2.45, 2.75) is 23.8 Å². The Morgan fingerprint density at radius 3 is 2.59 bits per heavy atom. The van der Waals surface area contributed by atoms with Gasteiger partial charge in [-0.05, 0) is 31.0 Å². The molecule has 0 radical (unpaired) electrons. The Hall–Kier alpha value is -2.54. The number of carbonyl (C=O) groups excluding carboxylic acids is 1. The third-order valence-corrected chi connectivity index (χ3v) is 7.14. The number of benzene rings is 1. The molecule has 1 N–H and O–H groups in total. The first-order chi connectivity index (χ1) is 13.8. The van der Waals surface area contributed by atoms with E-state index in [9.17, 15) is 22.9 Å². The molecule has 2 heterocycles. The van der Waals surface area contributed by atoms with Crippen LogP contribution >= 0.6 is 11.6 Å². The number of rotatable bonds is 5. The molecule has 1 fully saturated rings. The van der Waals surface area contributed by atoms with Gasteiger partial charge in [-0.1, -0.05) is 29.8 Å². The van der Waals surface area contributed by atoms with E-state index in [1.165, 1.54) is 40.8 Å². The summed E-state index contributed by atoms with van der Waals surface area (Å²) < 4.78 is 40.7. The number of piperidine rings is 1. The largest absolute Gasteiger partial charge is 0.336 e. The lowest BCUT2D eigenvalue weighted by atomic mass is 9.96. The summed E-state index contributed by atoms with van der Waals surface area (Å²) in [6, 6.07) is 9.40. The number of pyridine rings is 1. The van der Waals surface area contributed by atoms with E-state index in [-0.39, 0.29) is 41.5 Å². The van der Waals surface area contributed by atoms with Gasteiger partial charge in [0.05, 0.1) is 6.07 Å². The molecule has 0 saturated carbocycles. The molecule has 1 aliphatic heterocycles. The van der Waals surface area contributed by atoms with Crippen molar-refractivity contribution in [1.29, 1.82) is 5.26 Å². The first kappa shape index (κ1) is 21.2. The number of halogens is 2. The Balaban J connectivity index is 1.65. The lowest BCUT2D eigenvalue weighted by Crippen LogP contribution is -2.43. The SMILES string of the molecule is N#CC(NC(=O)C1CCN(S(=O)(=O)c2cccnc2Cl)CC1)c1ccccc1F. The minimum atomic E-state index is -3.81. The van der Waals surface area contributed by atoms with Crippen molar-refractivity contribution in [3.05, 3.63) is 59.1 Å². The van der Waals surface area contributed by atoms with Gasteiger partial charge in [-0.15, -0.1) is 0 Å². The van der Waals surface area contributed by atoms with Crippen molar-refractivity contribution < 1.29 is 17.6 Å². The van der Waals surface area contributed by atoms with E-state index in [4.69, 9.17) is 11.6 Å². The van der Waals surface area contributed by atoms with Crippen LogP contribution in [0, 0.1) is 23.1 Å². The maximum atomic E-state index is 13.9. The predicted octanol–water partition coefficient (Wildman–Crippen LogP) is 2.66. The Labute approximate surface area is 173 Å². The zero-order valence-corrected chi connectivity index (χ0v) is 16.8. The molecule has 1 atom stereocenters. The molecular formula is C19H18ClFN4O3S. The molecule has 1 saturated heterocycles. The van der Waals surface area contributed by atoms with Gasteiger partial charge in [-0.3, -0.25) is 4.79 Å². The Kier molecular flexibility index (Phi) is 6.47. The van der Waals surface area contributed by atoms with E-state index in [1.807, 2.05) is 6.07 Å². The molecule has 7 nitrogen and oxygen atoms in total. The second kappa shape index (κ2) is 8.86. The monoisotopic (exact) mass is 436 g/mol. The molecule has 0 aliphatic carbocycles. The molecule has 1 unspecified atom stereocenters. The minimum Gasteiger partial charge on any atom is -0.336 e. The van der Waals surface area contributed by atoms with Gasteiger partial charge < -0.3 is 5.32 Å². The highest BCUT2D eigenvalue weighted by Crippen LogP contribution is 2.27. The molecule has 29 heavy (non-hydrogen) atoms. The van der Waals surface area contributed by atoms with E-state index < -0.39 is 33.7 Å². The third kappa shape index (κ3) is 4.56. The van der Waals surface area contributed by atoms with E-state index in [2.05, 4.69) is 10.3 Å². The fourth-order valence-corrected chi connectivity index (χ4v) is 5.11. The van der Waals surface area contributed by atoms with Crippen molar-refractivity contribution >= 4 is 27.5 Å². The van der Waals surface area contributed by atoms with Gasteiger partial charge in [-0.25, -0.2) is 17.8 Å². The van der Waals surface area contributed by atoms with Crippen LogP contribution in [0.4, 0.5) is 4.39 Å². The van der Waals surface area contributed by atoms with Gasteiger partial charge in [0.2, 0.25) is 15.9 Å². The number of nitrogens with one attached hydrogen (secondary N) is 1. The average Bonchev–Trinajstić information content (AvgIpc) is 2.72. The molecule has 10 heteroatoms. The Morgan fingerprint density at radius 1 is 1.28 bits per heavy atom. The molecule has 152 valence electrons. The van der Waals surface area contributed by atoms with Crippen LogP contribution in [0.5, 0.6) is 0 Å². The maximum Gasteiger partial charge on any atom is 0.246 e. The number of aromatic nitrogens is 1. The molecule has 1 aromatic heterocycles. The second-order valence-electron chi connectivity index (χ2n) is 6.56. The van der Waals surface area contributed by atoms with Crippen molar-refractivity contribution in [1.82, 2.24) is 14.6 Å². The number of nitrogens with zero attached hydrogens (tertiary/aromatic N) is 3. The first-order valence-corrected chi connectivity index (χ1v) is 10.7. The number of hydrogen-bond acceptors (Lipinski definition) is 5. The topological polar surface area (TPSA) is 103 Å². The molecular weight excluding hydrogens is 419 g/mol. The third-order valence-electron chi connectivity index (χ3n) is 4.80. The zero-order valence-electron chi connectivity index (χ0n) is 15.3. The number of carbonyl (C=O) groups is 1. The van der Waals surface area contributed by atoms with Crippen molar-refractivity contribution in [3.63, 3.8) is 0 Å². The van der Waals surface area contributed by atoms with Crippen molar-refractivity contribution in [2.75, 3.05) is 13.1 Å². The van der Waals surface area contributed by atoms with Gasteiger partial charge in [0.25, 0.3) is 0 Å². The Bertz CT molecular complexity index is 1050. The van der Waals surface area contributed by atoms with Crippen LogP contribution in [-0.2, 0) is 14.8 Å². The zero-order chi connectivity index (χ0) is 21.0. The maximum absolute atomic E-state index is 13.9. The number of amides is 1. The first-order valence-electron chi connectivity index (χ1n) is 8.89. The van der Waals surface area contributed by atoms with Crippen molar-refractivity contribution in [2.24, 2.45) is 5.92 Å². The highest BCUT2D eigenvalue weighted by atomic mass is 35.5. The van der Waals surface area contributed by atoms with Gasteiger partial charge in [0.1, 0.15) is 21.9 Å². The summed E-state index contributed by atoms with van der Waals surface area (Å²) in [6.45, 7) is 0.255. The van der Waals surface area contributed by atoms with E-state index in [1.54, 1.807) is 6.07 Å². The fraction of sp³-hybridized carbons (Fsp3) is 0.316. The standard InChI is InChI=1S/C19H18ClFN4O3S/c20-18-17(6-3-9-23-18)29(27,28)25-10-7-13(8-11-25)19(26)24-16(12-22)14-4-1-2-5-15(14)21/h1-6,9,13,16H,7-8,10-11H2,(H,24,26). The highest BCUT2D eigenvalue weighted by molar-refractivity contribution is 7.89. The van der Waals surface area contributed by atoms with Gasteiger partial charge >= 0.3 is 0 Å². The summed E-state index contributed by atoms with van der Waals surface area (Å²) in [6.07, 6.45) is 1.95. The summed E-state index contributed by atoms with van der Waals surface area (Å²) in [5, 5.41) is 11.8. The summed E-state index contributed by atoms with van der Waals surface area (Å²) in [5.74, 6) is -1.46. The van der Waals surface area contributed by atoms with Crippen LogP contribution in [0.1, 0.15) is 24.4 Å². The molecule has 1 amide bonds. The number of nitriles is 1. The minimum absolute atomic E-state index is 0.0753. The van der Waals surface area contributed by atoms with Gasteiger partial charge in [0, 0.05) is 30.8 Å². The van der Waals surface area contributed by atoms with Crippen LogP contribution in [0.25, 0.3) is 0 Å². The molecule has 1 aliphatic rings. The van der Waals surface area contributed by atoms with E-state index >= 15 is 0 Å². The fourth-order valence-electron chi connectivity index (χ4n) is 3.21. The molecule has 0 spiro atoms. The van der Waals surface area contributed by atoms with Crippen LogP contribution < -0.4 is 5.32 Å². The normalized spacial score (nSPS) is 16.7. The number of sulfonamides is 1. The van der Waals surface area contributed by atoms with Crippen LogP contribution in [0.3, 0.4) is 0 Å². The highest BCUT2D eigenvalue weighted by Gasteiger charge is 2.34. The lowest BCUT2D eigenvalue weighted by Gasteiger charge is -2.31. The summed E-state index contributed by atoms with van der Waals surface area (Å²) in [4.78, 5) is 16.3. The van der Waals surface area contributed by atoms with E-state index in [0.717, 1.165) is 0 Å². The molecule has 3 rings (SSSR count). The van der Waals surface area contributed by atoms with Crippen molar-refractivity contribution in [3.8, 4) is 6.07 Å². The summed E-state index contributed by atoms with van der Waals surface area (Å²) in [5.41, 5.74) is 0.0922. The van der Waals surface area contributed by atoms with Crippen LogP contribution in [0.15, 0.2) is 47.5 Å². The molecule has 0 bridgehead atoms. The summed E-state index contributed by atoms with van der Waals surface area (Å²) >= 11 is 5.91. The van der Waals surface area contributed by atoms with Gasteiger partial charge in [-0.2, -0.15) is 9.57 Å². The van der Waals surface area contributed by atoms with Gasteiger partial charge in [0.15, 0.2) is 0 Å². The van der Waals surface area contributed by atoms with Crippen LogP contribution in [0.2, 0.25) is 5.15 Å². The van der Waals surface area contributed by atoms with E-state index in [0.29, 0.717) is 0 Å². The average molecular weight is 437 g/mol. The Morgan fingerprint density at radius 2 is 1.97 bits per heavy atom. The van der Waals surface area contributed by atoms with Crippen LogP contribution in [-0.4, -0.2) is 36.7 Å². The lowest BCUT2D eigenvalue weighted by molar-refractivity contribution is -0.126.